The fourth-order valence-corrected chi connectivity index (χ4v) is 3.84. The van der Waals surface area contributed by atoms with Gasteiger partial charge in [-0.2, -0.15) is 13.2 Å². The van der Waals surface area contributed by atoms with E-state index in [-0.39, 0.29) is 17.3 Å². The molecular weight excluding hydrogens is 405 g/mol. The van der Waals surface area contributed by atoms with Crippen LogP contribution in [0.5, 0.6) is 0 Å². The summed E-state index contributed by atoms with van der Waals surface area (Å²) in [4.78, 5) is 18.0. The Bertz CT molecular complexity index is 737. The summed E-state index contributed by atoms with van der Waals surface area (Å²) in [6.45, 7) is 9.98. The minimum atomic E-state index is -4.54. The number of amides is 1. The van der Waals surface area contributed by atoms with Crippen LogP contribution in [0, 0.1) is 5.92 Å². The first kappa shape index (κ1) is 23.8. The van der Waals surface area contributed by atoms with Crippen LogP contribution in [-0.4, -0.2) is 61.4 Å². The standard InChI is InChI=1S/C19H29F3N2O4Si/c1-18(2,3)29(5,6)28-11-12-8-7-9-23-14(12)16(25)24-10-13(19(20,21)22)15(24)17(26)27-4/h7-9,13,15,17,26H,10-11H2,1-6H3/t13-,15-,17?/m0/s1. The van der Waals surface area contributed by atoms with E-state index in [1.165, 1.54) is 6.20 Å². The minimum Gasteiger partial charge on any atom is -0.412 e. The number of aliphatic hydroxyl groups is 1. The van der Waals surface area contributed by atoms with Crippen LogP contribution in [0.4, 0.5) is 13.2 Å². The molecule has 1 aromatic heterocycles. The van der Waals surface area contributed by atoms with Gasteiger partial charge in [0.05, 0.1) is 18.6 Å². The van der Waals surface area contributed by atoms with Crippen LogP contribution in [0.25, 0.3) is 0 Å². The normalized spacial score (nSPS) is 21.7. The number of aliphatic hydroxyl groups excluding tert-OH is 1. The van der Waals surface area contributed by atoms with Gasteiger partial charge in [-0.1, -0.05) is 26.8 Å². The smallest absolute Gasteiger partial charge is 0.395 e. The molecule has 0 bridgehead atoms. The number of pyridine rings is 1. The quantitative estimate of drug-likeness (QED) is 0.547. The number of nitrogens with zero attached hydrogens (tertiary/aromatic N) is 2. The first-order valence-electron chi connectivity index (χ1n) is 9.37. The Morgan fingerprint density at radius 2 is 2.00 bits per heavy atom. The van der Waals surface area contributed by atoms with Gasteiger partial charge in [0.1, 0.15) is 5.69 Å². The number of halogens is 3. The minimum absolute atomic E-state index is 0.0279. The maximum atomic E-state index is 13.2. The van der Waals surface area contributed by atoms with E-state index in [1.54, 1.807) is 12.1 Å². The average molecular weight is 435 g/mol. The molecule has 1 saturated heterocycles. The molecule has 2 rings (SSSR count). The Kier molecular flexibility index (Phi) is 6.83. The molecular formula is C19H29F3N2O4Si. The lowest BCUT2D eigenvalue weighted by molar-refractivity contribution is -0.261. The Hall–Kier alpha value is -1.49. The molecule has 29 heavy (non-hydrogen) atoms. The summed E-state index contributed by atoms with van der Waals surface area (Å²) in [6, 6.07) is 1.82. The second-order valence-corrected chi connectivity index (χ2v) is 13.6. The van der Waals surface area contributed by atoms with Gasteiger partial charge < -0.3 is 19.2 Å². The first-order valence-corrected chi connectivity index (χ1v) is 12.3. The summed E-state index contributed by atoms with van der Waals surface area (Å²) in [5.41, 5.74) is 0.531. The summed E-state index contributed by atoms with van der Waals surface area (Å²) in [5, 5.41) is 9.85. The molecule has 1 amide bonds. The number of carbonyl (C=O) groups excluding carboxylic acids is 1. The third-order valence-electron chi connectivity index (χ3n) is 5.87. The Balaban J connectivity index is 2.24. The Labute approximate surface area is 170 Å². The molecule has 1 unspecified atom stereocenters. The lowest BCUT2D eigenvalue weighted by atomic mass is 9.86. The van der Waals surface area contributed by atoms with Gasteiger partial charge in [0, 0.05) is 25.4 Å². The number of rotatable bonds is 6. The van der Waals surface area contributed by atoms with Gasteiger partial charge in [-0.15, -0.1) is 0 Å². The zero-order chi connectivity index (χ0) is 22.2. The van der Waals surface area contributed by atoms with Crippen molar-refractivity contribution >= 4 is 14.2 Å². The number of likely N-dealkylation sites (tertiary alicyclic amines) is 1. The molecule has 1 N–H and O–H groups in total. The molecule has 1 aliphatic rings. The number of hydrogen-bond donors (Lipinski definition) is 1. The molecule has 0 spiro atoms. The van der Waals surface area contributed by atoms with Crippen molar-refractivity contribution in [3.63, 3.8) is 0 Å². The lowest BCUT2D eigenvalue weighted by Crippen LogP contribution is -2.67. The molecule has 1 aromatic rings. The van der Waals surface area contributed by atoms with E-state index in [4.69, 9.17) is 4.43 Å². The fraction of sp³-hybridized carbons (Fsp3) is 0.684. The second kappa shape index (κ2) is 8.33. The van der Waals surface area contributed by atoms with Gasteiger partial charge in [0.2, 0.25) is 0 Å². The number of aromatic nitrogens is 1. The second-order valence-electron chi connectivity index (χ2n) is 8.78. The number of hydrogen-bond acceptors (Lipinski definition) is 5. The van der Waals surface area contributed by atoms with E-state index in [9.17, 15) is 23.1 Å². The van der Waals surface area contributed by atoms with Crippen molar-refractivity contribution < 1.29 is 32.2 Å². The van der Waals surface area contributed by atoms with E-state index in [1.807, 2.05) is 0 Å². The van der Waals surface area contributed by atoms with Crippen LogP contribution in [0.2, 0.25) is 18.1 Å². The molecule has 6 nitrogen and oxygen atoms in total. The third-order valence-corrected chi connectivity index (χ3v) is 10.3. The van der Waals surface area contributed by atoms with E-state index in [2.05, 4.69) is 43.6 Å². The molecule has 10 heteroatoms. The summed E-state index contributed by atoms with van der Waals surface area (Å²) in [5.74, 6) is -2.53. The third kappa shape index (κ3) is 4.99. The van der Waals surface area contributed by atoms with Crippen LogP contribution >= 0.6 is 0 Å². The molecule has 0 aromatic carbocycles. The largest absolute Gasteiger partial charge is 0.412 e. The Morgan fingerprint density at radius 1 is 1.38 bits per heavy atom. The van der Waals surface area contributed by atoms with Crippen molar-refractivity contribution in [2.24, 2.45) is 5.92 Å². The van der Waals surface area contributed by atoms with E-state index in [0.717, 1.165) is 12.0 Å². The van der Waals surface area contributed by atoms with Crippen molar-refractivity contribution in [1.82, 2.24) is 9.88 Å². The zero-order valence-electron chi connectivity index (χ0n) is 17.6. The predicted octanol–water partition coefficient (Wildman–Crippen LogP) is 3.57. The predicted molar refractivity (Wildman–Crippen MR) is 104 cm³/mol. The molecule has 1 fully saturated rings. The molecule has 3 atom stereocenters. The van der Waals surface area contributed by atoms with E-state index >= 15 is 0 Å². The van der Waals surface area contributed by atoms with Crippen molar-refractivity contribution in [3.8, 4) is 0 Å². The van der Waals surface area contributed by atoms with Crippen molar-refractivity contribution in [2.75, 3.05) is 13.7 Å². The summed E-state index contributed by atoms with van der Waals surface area (Å²) < 4.78 is 50.4. The summed E-state index contributed by atoms with van der Waals surface area (Å²) >= 11 is 0. The maximum Gasteiger partial charge on any atom is 0.395 e. The molecule has 2 heterocycles. The SMILES string of the molecule is COC(O)[C@@H]1[C@@H](C(F)(F)F)CN1C(=O)c1ncccc1CO[Si](C)(C)C(C)(C)C. The van der Waals surface area contributed by atoms with Gasteiger partial charge in [-0.3, -0.25) is 9.78 Å². The Morgan fingerprint density at radius 3 is 2.52 bits per heavy atom. The summed E-state index contributed by atoms with van der Waals surface area (Å²) in [6.07, 6.45) is -4.87. The van der Waals surface area contributed by atoms with E-state index < -0.39 is 45.2 Å². The highest BCUT2D eigenvalue weighted by atomic mass is 28.4. The van der Waals surface area contributed by atoms with Crippen LogP contribution < -0.4 is 0 Å². The van der Waals surface area contributed by atoms with Crippen LogP contribution in [0.3, 0.4) is 0 Å². The highest BCUT2D eigenvalue weighted by molar-refractivity contribution is 6.74. The van der Waals surface area contributed by atoms with Crippen molar-refractivity contribution in [1.29, 1.82) is 0 Å². The number of alkyl halides is 3. The van der Waals surface area contributed by atoms with Gasteiger partial charge in [-0.05, 0) is 24.2 Å². The molecule has 0 saturated carbocycles. The van der Waals surface area contributed by atoms with Crippen LogP contribution in [0.1, 0.15) is 36.8 Å². The maximum absolute atomic E-state index is 13.2. The monoisotopic (exact) mass is 434 g/mol. The number of ether oxygens (including phenoxy) is 1. The number of methoxy groups -OCH3 is 1. The summed E-state index contributed by atoms with van der Waals surface area (Å²) in [7, 11) is -1.01. The fourth-order valence-electron chi connectivity index (χ4n) is 2.89. The van der Waals surface area contributed by atoms with Gasteiger partial charge >= 0.3 is 6.18 Å². The highest BCUT2D eigenvalue weighted by Gasteiger charge is 2.59. The number of carbonyl (C=O) groups is 1. The first-order chi connectivity index (χ1) is 13.2. The van der Waals surface area contributed by atoms with Gasteiger partial charge in [0.25, 0.3) is 5.91 Å². The van der Waals surface area contributed by atoms with Gasteiger partial charge in [0.15, 0.2) is 14.6 Å². The van der Waals surface area contributed by atoms with Crippen LogP contribution in [0.15, 0.2) is 18.3 Å². The lowest BCUT2D eigenvalue weighted by Gasteiger charge is -2.49. The molecule has 0 radical (unpaired) electrons. The van der Waals surface area contributed by atoms with Crippen molar-refractivity contribution in [2.45, 2.75) is 64.0 Å². The topological polar surface area (TPSA) is 71.9 Å². The van der Waals surface area contributed by atoms with Crippen molar-refractivity contribution in [3.05, 3.63) is 29.6 Å². The molecule has 164 valence electrons. The van der Waals surface area contributed by atoms with Crippen LogP contribution in [-0.2, 0) is 15.8 Å². The highest BCUT2D eigenvalue weighted by Crippen LogP contribution is 2.41. The van der Waals surface area contributed by atoms with Gasteiger partial charge in [-0.25, -0.2) is 0 Å². The zero-order valence-corrected chi connectivity index (χ0v) is 18.6. The molecule has 1 aliphatic heterocycles. The molecule has 0 aliphatic carbocycles. The van der Waals surface area contributed by atoms with E-state index in [0.29, 0.717) is 5.56 Å². The average Bonchev–Trinajstić information content (AvgIpc) is 2.56.